The molecule has 1 aliphatic rings. The second-order valence-electron chi connectivity index (χ2n) is 9.33. The first-order valence-corrected chi connectivity index (χ1v) is 13.0. The van der Waals surface area contributed by atoms with Crippen LogP contribution in [0.3, 0.4) is 0 Å². The molecule has 2 aromatic carbocycles. The predicted molar refractivity (Wildman–Crippen MR) is 139 cm³/mol. The third-order valence-electron chi connectivity index (χ3n) is 6.71. The van der Waals surface area contributed by atoms with Crippen molar-refractivity contribution in [2.45, 2.75) is 63.8 Å². The van der Waals surface area contributed by atoms with Crippen LogP contribution >= 0.6 is 11.8 Å². The van der Waals surface area contributed by atoms with Crippen molar-refractivity contribution in [3.8, 4) is 0 Å². The van der Waals surface area contributed by atoms with Gasteiger partial charge in [0.05, 0.1) is 16.8 Å². The fourth-order valence-corrected chi connectivity index (χ4v) is 5.72. The highest BCUT2D eigenvalue weighted by Gasteiger charge is 2.30. The number of nitrogens with one attached hydrogen (secondary N) is 1. The molecule has 4 aromatic rings. The lowest BCUT2D eigenvalue weighted by Crippen LogP contribution is -2.48. The van der Waals surface area contributed by atoms with E-state index in [1.165, 1.54) is 11.8 Å². The average Bonchev–Trinajstić information content (AvgIpc) is 3.38. The number of imidazole rings is 1. The number of likely N-dealkylation sites (tertiary alicyclic amines) is 1. The Hall–Kier alpha value is -3.33. The number of carbonyl (C=O) groups excluding carboxylic acids is 2. The maximum atomic E-state index is 13.4. The summed E-state index contributed by atoms with van der Waals surface area (Å²) in [6.45, 7) is 6.48. The average molecular weight is 491 g/mol. The Morgan fingerprint density at radius 3 is 2.40 bits per heavy atom. The Balaban J connectivity index is 1.39. The summed E-state index contributed by atoms with van der Waals surface area (Å²) < 4.78 is 3.88. The van der Waals surface area contributed by atoms with Crippen LogP contribution in [0.1, 0.15) is 38.7 Å². The quantitative estimate of drug-likeness (QED) is 0.402. The van der Waals surface area contributed by atoms with Crippen LogP contribution in [0.4, 0.5) is 5.69 Å². The molecule has 1 saturated heterocycles. The van der Waals surface area contributed by atoms with Crippen LogP contribution in [0.25, 0.3) is 16.8 Å². The summed E-state index contributed by atoms with van der Waals surface area (Å²) in [6.07, 6.45) is 3.23. The van der Waals surface area contributed by atoms with Crippen molar-refractivity contribution in [3.05, 3.63) is 54.1 Å². The number of fused-ring (bicyclic) bond motifs is 3. The molecule has 1 aliphatic heterocycles. The van der Waals surface area contributed by atoms with Gasteiger partial charge in [-0.3, -0.25) is 18.6 Å². The summed E-state index contributed by atoms with van der Waals surface area (Å²) in [4.78, 5) is 27.9. The second kappa shape index (κ2) is 9.73. The molecule has 3 heterocycles. The summed E-state index contributed by atoms with van der Waals surface area (Å²) in [6, 6.07) is 16.1. The van der Waals surface area contributed by atoms with Gasteiger partial charge in [-0.1, -0.05) is 41.6 Å². The lowest BCUT2D eigenvalue weighted by atomic mass is 9.97. The minimum Gasteiger partial charge on any atom is -0.336 e. The molecule has 2 atom stereocenters. The number of hydrogen-bond acceptors (Lipinski definition) is 5. The van der Waals surface area contributed by atoms with E-state index in [0.29, 0.717) is 10.9 Å². The van der Waals surface area contributed by atoms with Gasteiger partial charge in [-0.05, 0) is 64.3 Å². The number of nitrogens with zero attached hydrogens (tertiary/aromatic N) is 5. The molecular weight excluding hydrogens is 460 g/mol. The van der Waals surface area contributed by atoms with Crippen molar-refractivity contribution in [2.75, 3.05) is 11.1 Å². The number of piperidine rings is 1. The van der Waals surface area contributed by atoms with Crippen LogP contribution in [-0.2, 0) is 16.1 Å². The number of thioether (sulfide) groups is 1. The Morgan fingerprint density at radius 2 is 1.69 bits per heavy atom. The SMILES string of the molecule is Cc1ccc(NC(=O)CSc2nnc3n(CC(=O)N4[C@H](C)CCC[C@@H]4C)c4ccccc4n23)cc1. The van der Waals surface area contributed by atoms with Crippen LogP contribution in [0, 0.1) is 6.92 Å². The molecule has 8 nitrogen and oxygen atoms in total. The van der Waals surface area contributed by atoms with Crippen LogP contribution in [-0.4, -0.2) is 53.7 Å². The van der Waals surface area contributed by atoms with Crippen LogP contribution < -0.4 is 5.32 Å². The fraction of sp³-hybridized carbons (Fsp3) is 0.385. The highest BCUT2D eigenvalue weighted by Crippen LogP contribution is 2.28. The molecule has 0 radical (unpaired) electrons. The zero-order chi connectivity index (χ0) is 24.5. The van der Waals surface area contributed by atoms with Gasteiger partial charge in [-0.15, -0.1) is 10.2 Å². The van der Waals surface area contributed by atoms with Crippen LogP contribution in [0.5, 0.6) is 0 Å². The van der Waals surface area contributed by atoms with Crippen molar-refractivity contribution >= 4 is 46.1 Å². The molecule has 0 aliphatic carbocycles. The van der Waals surface area contributed by atoms with Gasteiger partial charge in [0, 0.05) is 17.8 Å². The van der Waals surface area contributed by atoms with E-state index in [9.17, 15) is 9.59 Å². The van der Waals surface area contributed by atoms with E-state index < -0.39 is 0 Å². The van der Waals surface area contributed by atoms with E-state index in [1.54, 1.807) is 0 Å². The number of aryl methyl sites for hydroxylation is 1. The third-order valence-corrected chi connectivity index (χ3v) is 7.64. The van der Waals surface area contributed by atoms with E-state index in [-0.39, 0.29) is 36.2 Å². The summed E-state index contributed by atoms with van der Waals surface area (Å²) in [7, 11) is 0. The summed E-state index contributed by atoms with van der Waals surface area (Å²) in [5, 5.41) is 12.3. The maximum Gasteiger partial charge on any atom is 0.243 e. The van der Waals surface area contributed by atoms with Gasteiger partial charge in [0.1, 0.15) is 6.54 Å². The summed E-state index contributed by atoms with van der Waals surface area (Å²) in [5.74, 6) is 0.805. The number of aromatic nitrogens is 4. The van der Waals surface area contributed by atoms with Gasteiger partial charge in [0.15, 0.2) is 5.16 Å². The molecular formula is C26H30N6O2S. The highest BCUT2D eigenvalue weighted by atomic mass is 32.2. The standard InChI is InChI=1S/C26H30N6O2S/c1-17-11-13-20(14-12-17)27-23(33)16-35-26-29-28-25-30(21-9-4-5-10-22(21)32(25)26)15-24(34)31-18(2)7-6-8-19(31)3/h4-5,9-14,18-19H,6-8,15-16H2,1-3H3,(H,27,33)/t18-,19+. The minimum atomic E-state index is -0.109. The topological polar surface area (TPSA) is 84.5 Å². The number of hydrogen-bond donors (Lipinski definition) is 1. The van der Waals surface area contributed by atoms with E-state index in [1.807, 2.05) is 69.3 Å². The number of carbonyl (C=O) groups is 2. The van der Waals surface area contributed by atoms with Crippen molar-refractivity contribution in [3.63, 3.8) is 0 Å². The molecule has 9 heteroatoms. The van der Waals surface area contributed by atoms with Gasteiger partial charge in [-0.2, -0.15) is 0 Å². The molecule has 182 valence electrons. The van der Waals surface area contributed by atoms with E-state index in [4.69, 9.17) is 0 Å². The monoisotopic (exact) mass is 490 g/mol. The fourth-order valence-electron chi connectivity index (χ4n) is 4.98. The number of para-hydroxylation sites is 2. The van der Waals surface area contributed by atoms with E-state index in [0.717, 1.165) is 41.5 Å². The van der Waals surface area contributed by atoms with Crippen molar-refractivity contribution in [1.29, 1.82) is 0 Å². The van der Waals surface area contributed by atoms with Gasteiger partial charge in [0.25, 0.3) is 0 Å². The van der Waals surface area contributed by atoms with Gasteiger partial charge in [-0.25, -0.2) is 0 Å². The first kappa shape index (κ1) is 23.4. The normalized spacial score (nSPS) is 18.3. The van der Waals surface area contributed by atoms with E-state index in [2.05, 4.69) is 29.4 Å². The molecule has 35 heavy (non-hydrogen) atoms. The summed E-state index contributed by atoms with van der Waals surface area (Å²) >= 11 is 1.33. The van der Waals surface area contributed by atoms with Crippen molar-refractivity contribution < 1.29 is 9.59 Å². The molecule has 5 rings (SSSR count). The van der Waals surface area contributed by atoms with Crippen molar-refractivity contribution in [1.82, 2.24) is 24.1 Å². The Bertz CT molecular complexity index is 1370. The van der Waals surface area contributed by atoms with Crippen LogP contribution in [0.2, 0.25) is 0 Å². The Kier molecular flexibility index (Phi) is 6.51. The molecule has 1 fully saturated rings. The van der Waals surface area contributed by atoms with Gasteiger partial charge < -0.3 is 10.2 Å². The smallest absolute Gasteiger partial charge is 0.243 e. The molecule has 0 saturated carbocycles. The highest BCUT2D eigenvalue weighted by molar-refractivity contribution is 7.99. The number of rotatable bonds is 6. The molecule has 0 unspecified atom stereocenters. The molecule has 2 aromatic heterocycles. The number of anilines is 1. The van der Waals surface area contributed by atoms with Gasteiger partial charge >= 0.3 is 0 Å². The Labute approximate surface area is 208 Å². The number of amides is 2. The Morgan fingerprint density at radius 1 is 1.00 bits per heavy atom. The minimum absolute atomic E-state index is 0.0997. The third kappa shape index (κ3) is 4.65. The first-order valence-electron chi connectivity index (χ1n) is 12.0. The first-order chi connectivity index (χ1) is 16.9. The lowest BCUT2D eigenvalue weighted by molar-refractivity contribution is -0.137. The number of benzene rings is 2. The van der Waals surface area contributed by atoms with Crippen LogP contribution in [0.15, 0.2) is 53.7 Å². The van der Waals surface area contributed by atoms with E-state index >= 15 is 0 Å². The zero-order valence-corrected chi connectivity index (χ0v) is 21.1. The molecule has 0 bridgehead atoms. The lowest BCUT2D eigenvalue weighted by Gasteiger charge is -2.39. The largest absolute Gasteiger partial charge is 0.336 e. The predicted octanol–water partition coefficient (Wildman–Crippen LogP) is 4.51. The summed E-state index contributed by atoms with van der Waals surface area (Å²) in [5.41, 5.74) is 3.75. The maximum absolute atomic E-state index is 13.4. The van der Waals surface area contributed by atoms with Gasteiger partial charge in [0.2, 0.25) is 17.6 Å². The zero-order valence-electron chi connectivity index (χ0n) is 20.3. The second-order valence-corrected chi connectivity index (χ2v) is 10.3. The van der Waals surface area contributed by atoms with Crippen molar-refractivity contribution in [2.24, 2.45) is 0 Å². The molecule has 0 spiro atoms. The molecule has 1 N–H and O–H groups in total. The molecule has 2 amide bonds.